The predicted molar refractivity (Wildman–Crippen MR) is 119 cm³/mol. The molecule has 2 aliphatic heterocycles. The summed E-state index contributed by atoms with van der Waals surface area (Å²) in [5.41, 5.74) is 4.60. The van der Waals surface area contributed by atoms with E-state index in [4.69, 9.17) is 9.47 Å². The normalized spacial score (nSPS) is 18.8. The molecule has 1 N–H and O–H groups in total. The van der Waals surface area contributed by atoms with Gasteiger partial charge in [-0.2, -0.15) is 0 Å². The van der Waals surface area contributed by atoms with E-state index in [1.165, 1.54) is 16.7 Å². The number of anilines is 1. The molecule has 5 heteroatoms. The van der Waals surface area contributed by atoms with E-state index in [2.05, 4.69) is 54.4 Å². The SMILES string of the molecule is CCc1cccc(CC)c1NC(=O)CN1CCCC1c1ccc2c(c1)OCCCO2. The second kappa shape index (κ2) is 9.52. The van der Waals surface area contributed by atoms with E-state index in [0.29, 0.717) is 19.8 Å². The van der Waals surface area contributed by atoms with Crippen LogP contribution in [0.15, 0.2) is 36.4 Å². The Labute approximate surface area is 179 Å². The van der Waals surface area contributed by atoms with Gasteiger partial charge in [-0.3, -0.25) is 9.69 Å². The summed E-state index contributed by atoms with van der Waals surface area (Å²) in [6, 6.07) is 12.8. The third-order valence-electron chi connectivity index (χ3n) is 6.13. The molecule has 2 aliphatic rings. The van der Waals surface area contributed by atoms with Gasteiger partial charge in [0, 0.05) is 18.2 Å². The van der Waals surface area contributed by atoms with E-state index < -0.39 is 0 Å². The van der Waals surface area contributed by atoms with E-state index in [-0.39, 0.29) is 11.9 Å². The second-order valence-corrected chi connectivity index (χ2v) is 8.09. The van der Waals surface area contributed by atoms with E-state index in [0.717, 1.165) is 55.8 Å². The molecule has 4 rings (SSSR count). The topological polar surface area (TPSA) is 50.8 Å². The molecule has 0 aliphatic carbocycles. The highest BCUT2D eigenvalue weighted by atomic mass is 16.5. The lowest BCUT2D eigenvalue weighted by molar-refractivity contribution is -0.117. The summed E-state index contributed by atoms with van der Waals surface area (Å²) < 4.78 is 11.6. The average Bonchev–Trinajstić information content (AvgIpc) is 3.09. The molecule has 1 atom stereocenters. The standard InChI is InChI=1S/C25H32N2O3/c1-3-18-8-5-9-19(4-2)25(18)26-24(28)17-27-13-6-10-21(27)20-11-12-22-23(16-20)30-15-7-14-29-22/h5,8-9,11-12,16,21H,3-4,6-7,10,13-15,17H2,1-2H3,(H,26,28). The van der Waals surface area contributed by atoms with Gasteiger partial charge in [-0.15, -0.1) is 0 Å². The van der Waals surface area contributed by atoms with E-state index in [1.807, 2.05) is 6.07 Å². The first-order valence-corrected chi connectivity index (χ1v) is 11.2. The lowest BCUT2D eigenvalue weighted by Crippen LogP contribution is -2.33. The molecule has 30 heavy (non-hydrogen) atoms. The minimum Gasteiger partial charge on any atom is -0.490 e. The number of carbonyl (C=O) groups excluding carboxylic acids is 1. The summed E-state index contributed by atoms with van der Waals surface area (Å²) in [5, 5.41) is 3.21. The summed E-state index contributed by atoms with van der Waals surface area (Å²) in [6.45, 7) is 6.98. The molecule has 1 unspecified atom stereocenters. The van der Waals surface area contributed by atoms with Crippen molar-refractivity contribution in [1.82, 2.24) is 4.90 Å². The first-order chi connectivity index (χ1) is 14.7. The van der Waals surface area contributed by atoms with Gasteiger partial charge in [0.25, 0.3) is 0 Å². The zero-order valence-electron chi connectivity index (χ0n) is 18.1. The van der Waals surface area contributed by atoms with Crippen molar-refractivity contribution in [2.75, 3.05) is 31.6 Å². The van der Waals surface area contributed by atoms with Crippen molar-refractivity contribution in [3.63, 3.8) is 0 Å². The molecule has 5 nitrogen and oxygen atoms in total. The molecule has 2 heterocycles. The van der Waals surface area contributed by atoms with Crippen LogP contribution in [0.1, 0.15) is 55.8 Å². The van der Waals surface area contributed by atoms with Crippen LogP contribution in [-0.4, -0.2) is 37.1 Å². The molecule has 1 amide bonds. The van der Waals surface area contributed by atoms with Crippen LogP contribution in [0.25, 0.3) is 0 Å². The molecule has 0 radical (unpaired) electrons. The number of nitrogens with zero attached hydrogens (tertiary/aromatic N) is 1. The number of hydrogen-bond donors (Lipinski definition) is 1. The van der Waals surface area contributed by atoms with Crippen LogP contribution in [0.2, 0.25) is 0 Å². The van der Waals surface area contributed by atoms with Gasteiger partial charge in [0.15, 0.2) is 11.5 Å². The van der Waals surface area contributed by atoms with Crippen LogP contribution < -0.4 is 14.8 Å². The lowest BCUT2D eigenvalue weighted by Gasteiger charge is -2.25. The fourth-order valence-corrected chi connectivity index (χ4v) is 4.55. The molecule has 1 saturated heterocycles. The van der Waals surface area contributed by atoms with Crippen LogP contribution in [0.4, 0.5) is 5.69 Å². The van der Waals surface area contributed by atoms with Crippen molar-refractivity contribution in [1.29, 1.82) is 0 Å². The molecule has 0 saturated carbocycles. The average molecular weight is 409 g/mol. The summed E-state index contributed by atoms with van der Waals surface area (Å²) in [6.07, 6.45) is 4.87. The predicted octanol–water partition coefficient (Wildman–Crippen LogP) is 4.75. The van der Waals surface area contributed by atoms with Gasteiger partial charge in [-0.05, 0) is 61.1 Å². The van der Waals surface area contributed by atoms with Crippen molar-refractivity contribution in [2.24, 2.45) is 0 Å². The third-order valence-corrected chi connectivity index (χ3v) is 6.13. The summed E-state index contributed by atoms with van der Waals surface area (Å²) in [4.78, 5) is 15.2. The molecule has 2 aromatic rings. The Morgan fingerprint density at radius 1 is 1.03 bits per heavy atom. The van der Waals surface area contributed by atoms with Gasteiger partial charge >= 0.3 is 0 Å². The number of likely N-dealkylation sites (tertiary alicyclic amines) is 1. The van der Waals surface area contributed by atoms with Gasteiger partial charge in [-0.1, -0.05) is 38.1 Å². The van der Waals surface area contributed by atoms with Crippen molar-refractivity contribution in [3.05, 3.63) is 53.1 Å². The number of hydrogen-bond acceptors (Lipinski definition) is 4. The summed E-state index contributed by atoms with van der Waals surface area (Å²) in [5.74, 6) is 1.71. The number of carbonyl (C=O) groups is 1. The van der Waals surface area contributed by atoms with Crippen LogP contribution in [0.5, 0.6) is 11.5 Å². The fraction of sp³-hybridized carbons (Fsp3) is 0.480. The van der Waals surface area contributed by atoms with E-state index in [9.17, 15) is 4.79 Å². The van der Waals surface area contributed by atoms with E-state index >= 15 is 0 Å². The Balaban J connectivity index is 1.47. The fourth-order valence-electron chi connectivity index (χ4n) is 4.55. The highest BCUT2D eigenvalue weighted by molar-refractivity contribution is 5.94. The quantitative estimate of drug-likeness (QED) is 0.750. The van der Waals surface area contributed by atoms with Crippen molar-refractivity contribution < 1.29 is 14.3 Å². The smallest absolute Gasteiger partial charge is 0.238 e. The highest BCUT2D eigenvalue weighted by Gasteiger charge is 2.29. The zero-order chi connectivity index (χ0) is 20.9. The Bertz CT molecular complexity index is 874. The number of aryl methyl sites for hydroxylation is 2. The number of fused-ring (bicyclic) bond motifs is 1. The van der Waals surface area contributed by atoms with E-state index in [1.54, 1.807) is 0 Å². The molecule has 160 valence electrons. The monoisotopic (exact) mass is 408 g/mol. The first-order valence-electron chi connectivity index (χ1n) is 11.2. The molecule has 0 aromatic heterocycles. The van der Waals surface area contributed by atoms with Gasteiger partial charge in [0.1, 0.15) is 0 Å². The largest absolute Gasteiger partial charge is 0.490 e. The van der Waals surface area contributed by atoms with Gasteiger partial charge < -0.3 is 14.8 Å². The van der Waals surface area contributed by atoms with Gasteiger partial charge in [0.05, 0.1) is 19.8 Å². The molecule has 0 spiro atoms. The second-order valence-electron chi connectivity index (χ2n) is 8.09. The van der Waals surface area contributed by atoms with Gasteiger partial charge in [-0.25, -0.2) is 0 Å². The maximum Gasteiger partial charge on any atom is 0.238 e. The minimum atomic E-state index is 0.0619. The maximum absolute atomic E-state index is 13.0. The third kappa shape index (κ3) is 4.46. The number of ether oxygens (including phenoxy) is 2. The molecule has 0 bridgehead atoms. The lowest BCUT2D eigenvalue weighted by atomic mass is 10.0. The number of para-hydroxylation sites is 1. The minimum absolute atomic E-state index is 0.0619. The Hall–Kier alpha value is -2.53. The summed E-state index contributed by atoms with van der Waals surface area (Å²) >= 11 is 0. The van der Waals surface area contributed by atoms with Crippen LogP contribution in [0, 0.1) is 0 Å². The first kappa shape index (κ1) is 20.7. The maximum atomic E-state index is 13.0. The highest BCUT2D eigenvalue weighted by Crippen LogP contribution is 2.37. The molecular formula is C25H32N2O3. The van der Waals surface area contributed by atoms with Crippen LogP contribution >= 0.6 is 0 Å². The van der Waals surface area contributed by atoms with Crippen molar-refractivity contribution in [3.8, 4) is 11.5 Å². The van der Waals surface area contributed by atoms with Crippen LogP contribution in [0.3, 0.4) is 0 Å². The number of amides is 1. The molecule has 1 fully saturated rings. The Morgan fingerprint density at radius 2 is 1.77 bits per heavy atom. The Morgan fingerprint density at radius 3 is 2.50 bits per heavy atom. The molecular weight excluding hydrogens is 376 g/mol. The van der Waals surface area contributed by atoms with Crippen molar-refractivity contribution >= 4 is 11.6 Å². The summed E-state index contributed by atoms with van der Waals surface area (Å²) in [7, 11) is 0. The number of rotatable bonds is 6. The molecule has 2 aromatic carbocycles. The zero-order valence-corrected chi connectivity index (χ0v) is 18.1. The van der Waals surface area contributed by atoms with Crippen LogP contribution in [-0.2, 0) is 17.6 Å². The number of nitrogens with one attached hydrogen (secondary N) is 1. The van der Waals surface area contributed by atoms with Gasteiger partial charge in [0.2, 0.25) is 5.91 Å². The Kier molecular flexibility index (Phi) is 6.58. The number of benzene rings is 2. The van der Waals surface area contributed by atoms with Crippen molar-refractivity contribution in [2.45, 2.75) is 52.0 Å².